The number of aromatic amines is 1. The van der Waals surface area contributed by atoms with E-state index in [1.54, 1.807) is 13.1 Å². The van der Waals surface area contributed by atoms with Crippen molar-refractivity contribution in [3.8, 4) is 17.0 Å². The number of rotatable bonds is 11. The number of anilines is 1. The van der Waals surface area contributed by atoms with Gasteiger partial charge in [0.05, 0.1) is 11.3 Å². The summed E-state index contributed by atoms with van der Waals surface area (Å²) < 4.78 is 5.83. The zero-order valence-corrected chi connectivity index (χ0v) is 24.7. The number of carbonyl (C=O) groups excluding carboxylic acids is 1. The first-order valence-corrected chi connectivity index (χ1v) is 14.2. The van der Waals surface area contributed by atoms with Crippen molar-refractivity contribution in [1.82, 2.24) is 20.6 Å². The monoisotopic (exact) mass is 559 g/mol. The summed E-state index contributed by atoms with van der Waals surface area (Å²) in [4.78, 5) is 36.4. The Morgan fingerprint density at radius 2 is 2.00 bits per heavy atom. The van der Waals surface area contributed by atoms with Crippen LogP contribution in [0, 0.1) is 13.8 Å². The standard InChI is InChI=1S/C32H41N5O4/c1-7-23-11-12-26-27(31(39)34-17-28-20(4)13-21(5)35-32(28)40)15-29(36-30(26)37(23)19(2)3)22-9-8-10-25(14-22)41-18-24(38)16-33-6/h8-15,19,23-24,33,38H,7,16-18H2,1-6H3,(H,34,39)(H,35,40). The lowest BCUT2D eigenvalue weighted by molar-refractivity contribution is 0.0950. The van der Waals surface area contributed by atoms with Gasteiger partial charge in [-0.2, -0.15) is 0 Å². The van der Waals surface area contributed by atoms with E-state index in [2.05, 4.69) is 47.4 Å². The van der Waals surface area contributed by atoms with E-state index in [4.69, 9.17) is 9.72 Å². The summed E-state index contributed by atoms with van der Waals surface area (Å²) in [5.41, 5.74) is 4.60. The number of likely N-dealkylation sites (N-methyl/N-ethyl adjacent to an activating group) is 1. The molecule has 0 saturated heterocycles. The van der Waals surface area contributed by atoms with E-state index < -0.39 is 6.10 Å². The average Bonchev–Trinajstić information content (AvgIpc) is 2.94. The van der Waals surface area contributed by atoms with Gasteiger partial charge in [0.1, 0.15) is 24.3 Å². The third-order valence-corrected chi connectivity index (χ3v) is 7.28. The second kappa shape index (κ2) is 13.1. The molecule has 2 unspecified atom stereocenters. The van der Waals surface area contributed by atoms with Crippen LogP contribution < -0.4 is 25.8 Å². The number of nitrogens with one attached hydrogen (secondary N) is 3. The van der Waals surface area contributed by atoms with Crippen molar-refractivity contribution in [2.24, 2.45) is 0 Å². The molecule has 1 aromatic carbocycles. The van der Waals surface area contributed by atoms with Crippen LogP contribution in [0.3, 0.4) is 0 Å². The Balaban J connectivity index is 1.74. The summed E-state index contributed by atoms with van der Waals surface area (Å²) >= 11 is 0. The Kier molecular flexibility index (Phi) is 9.62. The fraction of sp³-hybridized carbons (Fsp3) is 0.406. The Morgan fingerprint density at radius 3 is 2.68 bits per heavy atom. The highest BCUT2D eigenvalue weighted by Crippen LogP contribution is 2.36. The second-order valence-corrected chi connectivity index (χ2v) is 10.8. The van der Waals surface area contributed by atoms with Gasteiger partial charge in [-0.1, -0.05) is 31.2 Å². The topological polar surface area (TPSA) is 120 Å². The first-order valence-electron chi connectivity index (χ1n) is 14.2. The zero-order chi connectivity index (χ0) is 29.7. The molecule has 2 atom stereocenters. The van der Waals surface area contributed by atoms with E-state index in [0.717, 1.165) is 34.6 Å². The molecule has 0 saturated carbocycles. The van der Waals surface area contributed by atoms with Crippen LogP contribution in [0.5, 0.6) is 5.75 Å². The van der Waals surface area contributed by atoms with E-state index in [1.165, 1.54) is 0 Å². The number of amides is 1. The summed E-state index contributed by atoms with van der Waals surface area (Å²) in [6.07, 6.45) is 4.37. The number of fused-ring (bicyclic) bond motifs is 1. The minimum atomic E-state index is -0.636. The SMILES string of the molecule is CCC1C=Cc2c(C(=O)NCc3c(C)cc(C)[nH]c3=O)cc(-c3cccc(OCC(O)CNC)c3)nc2N1C(C)C. The summed E-state index contributed by atoms with van der Waals surface area (Å²) in [7, 11) is 1.78. The summed E-state index contributed by atoms with van der Waals surface area (Å²) in [5, 5.41) is 16.0. The van der Waals surface area contributed by atoms with Gasteiger partial charge in [-0.05, 0) is 71.0 Å². The Labute approximate surface area is 241 Å². The molecular weight excluding hydrogens is 518 g/mol. The number of hydrogen-bond acceptors (Lipinski definition) is 7. The van der Waals surface area contributed by atoms with Gasteiger partial charge >= 0.3 is 0 Å². The van der Waals surface area contributed by atoms with Crippen molar-refractivity contribution in [3.63, 3.8) is 0 Å². The third-order valence-electron chi connectivity index (χ3n) is 7.28. The molecule has 2 aromatic heterocycles. The molecule has 218 valence electrons. The maximum Gasteiger partial charge on any atom is 0.253 e. The van der Waals surface area contributed by atoms with Crippen molar-refractivity contribution in [3.05, 3.63) is 80.8 Å². The summed E-state index contributed by atoms with van der Waals surface area (Å²) in [6, 6.07) is 11.5. The second-order valence-electron chi connectivity index (χ2n) is 10.8. The minimum absolute atomic E-state index is 0.111. The highest BCUT2D eigenvalue weighted by atomic mass is 16.5. The first-order chi connectivity index (χ1) is 19.6. The minimum Gasteiger partial charge on any atom is -0.491 e. The summed E-state index contributed by atoms with van der Waals surface area (Å²) in [5.74, 6) is 1.07. The number of hydrogen-bond donors (Lipinski definition) is 4. The molecule has 41 heavy (non-hydrogen) atoms. The smallest absolute Gasteiger partial charge is 0.253 e. The first kappa shape index (κ1) is 30.0. The van der Waals surface area contributed by atoms with E-state index in [-0.39, 0.29) is 36.7 Å². The number of benzene rings is 1. The van der Waals surface area contributed by atoms with Crippen molar-refractivity contribution in [2.45, 2.75) is 65.8 Å². The van der Waals surface area contributed by atoms with Crippen molar-refractivity contribution in [2.75, 3.05) is 25.1 Å². The van der Waals surface area contributed by atoms with Gasteiger partial charge in [0.2, 0.25) is 0 Å². The fourth-order valence-corrected chi connectivity index (χ4v) is 5.25. The largest absolute Gasteiger partial charge is 0.491 e. The molecule has 0 aliphatic carbocycles. The van der Waals surface area contributed by atoms with Gasteiger partial charge < -0.3 is 30.4 Å². The maximum atomic E-state index is 13.7. The van der Waals surface area contributed by atoms with Gasteiger partial charge in [0, 0.05) is 47.6 Å². The van der Waals surface area contributed by atoms with Gasteiger partial charge in [0.25, 0.3) is 11.5 Å². The Hall–Kier alpha value is -3.95. The van der Waals surface area contributed by atoms with Crippen LogP contribution in [0.1, 0.15) is 59.9 Å². The third kappa shape index (κ3) is 6.86. The molecular formula is C32H41N5O4. The lowest BCUT2D eigenvalue weighted by Gasteiger charge is -2.38. The number of nitrogens with zero attached hydrogens (tertiary/aromatic N) is 2. The molecule has 3 heterocycles. The normalized spacial score (nSPS) is 15.1. The molecule has 0 fully saturated rings. The van der Waals surface area contributed by atoms with E-state index in [0.29, 0.717) is 29.1 Å². The number of aliphatic hydroxyl groups excluding tert-OH is 1. The Bertz CT molecular complexity index is 1480. The van der Waals surface area contributed by atoms with E-state index in [9.17, 15) is 14.7 Å². The number of H-pyrrole nitrogens is 1. The molecule has 0 spiro atoms. The van der Waals surface area contributed by atoms with Crippen LogP contribution in [-0.4, -0.2) is 59.4 Å². The van der Waals surface area contributed by atoms with Crippen molar-refractivity contribution >= 4 is 17.8 Å². The van der Waals surface area contributed by atoms with Crippen LogP contribution in [0.4, 0.5) is 5.82 Å². The predicted octanol–water partition coefficient (Wildman–Crippen LogP) is 3.96. The van der Waals surface area contributed by atoms with Gasteiger partial charge in [-0.15, -0.1) is 0 Å². The molecule has 9 nitrogen and oxygen atoms in total. The van der Waals surface area contributed by atoms with Crippen LogP contribution in [0.15, 0.2) is 47.3 Å². The van der Waals surface area contributed by atoms with Gasteiger partial charge in [-0.3, -0.25) is 9.59 Å². The predicted molar refractivity (Wildman–Crippen MR) is 164 cm³/mol. The lowest BCUT2D eigenvalue weighted by Crippen LogP contribution is -2.42. The number of aryl methyl sites for hydroxylation is 2. The highest BCUT2D eigenvalue weighted by molar-refractivity contribution is 6.01. The molecule has 1 aliphatic heterocycles. The number of aliphatic hydroxyl groups is 1. The number of aromatic nitrogens is 2. The van der Waals surface area contributed by atoms with Crippen LogP contribution in [0.2, 0.25) is 0 Å². The van der Waals surface area contributed by atoms with Gasteiger partial charge in [-0.25, -0.2) is 4.98 Å². The van der Waals surface area contributed by atoms with Gasteiger partial charge in [0.15, 0.2) is 0 Å². The number of carbonyl (C=O) groups is 1. The average molecular weight is 560 g/mol. The molecule has 9 heteroatoms. The highest BCUT2D eigenvalue weighted by Gasteiger charge is 2.29. The van der Waals surface area contributed by atoms with E-state index >= 15 is 0 Å². The maximum absolute atomic E-state index is 13.7. The molecule has 4 rings (SSSR count). The zero-order valence-electron chi connectivity index (χ0n) is 24.7. The molecule has 1 amide bonds. The molecule has 0 radical (unpaired) electrons. The number of ether oxygens (including phenoxy) is 1. The Morgan fingerprint density at radius 1 is 1.22 bits per heavy atom. The van der Waals surface area contributed by atoms with E-state index in [1.807, 2.05) is 50.3 Å². The number of pyridine rings is 2. The van der Waals surface area contributed by atoms with Crippen LogP contribution in [0.25, 0.3) is 17.3 Å². The fourth-order valence-electron chi connectivity index (χ4n) is 5.25. The molecule has 3 aromatic rings. The molecule has 1 aliphatic rings. The van der Waals surface area contributed by atoms with Crippen molar-refractivity contribution in [1.29, 1.82) is 0 Å². The quantitative estimate of drug-likeness (QED) is 0.281. The van der Waals surface area contributed by atoms with Crippen LogP contribution in [-0.2, 0) is 6.54 Å². The van der Waals surface area contributed by atoms with Crippen LogP contribution >= 0.6 is 0 Å². The molecule has 0 bridgehead atoms. The molecule has 4 N–H and O–H groups in total. The summed E-state index contributed by atoms with van der Waals surface area (Å²) in [6.45, 7) is 10.8. The lowest BCUT2D eigenvalue weighted by atomic mass is 9.96. The van der Waals surface area contributed by atoms with Crippen molar-refractivity contribution < 1.29 is 14.6 Å².